The monoisotopic (exact) mass is 245 g/mol. The summed E-state index contributed by atoms with van der Waals surface area (Å²) in [5.74, 6) is 0.513. The average Bonchev–Trinajstić information content (AvgIpc) is 2.84. The topological polar surface area (TPSA) is 85.8 Å². The van der Waals surface area contributed by atoms with Crippen molar-refractivity contribution >= 4 is 11.6 Å². The van der Waals surface area contributed by atoms with Crippen LogP contribution in [0.4, 0.5) is 5.69 Å². The van der Waals surface area contributed by atoms with Gasteiger partial charge in [-0.05, 0) is 19.1 Å². The maximum atomic E-state index is 11.9. The fourth-order valence-corrected chi connectivity index (χ4v) is 1.64. The number of aryl methyl sites for hydroxylation is 1. The quantitative estimate of drug-likeness (QED) is 0.780. The Hall–Kier alpha value is -2.37. The first kappa shape index (κ1) is 12.1. The van der Waals surface area contributed by atoms with Crippen molar-refractivity contribution in [3.05, 3.63) is 42.0 Å². The Labute approximate surface area is 105 Å². The summed E-state index contributed by atoms with van der Waals surface area (Å²) >= 11 is 0. The van der Waals surface area contributed by atoms with Crippen LogP contribution in [0, 0.1) is 0 Å². The molecule has 0 radical (unpaired) electrons. The van der Waals surface area contributed by atoms with E-state index >= 15 is 0 Å². The van der Waals surface area contributed by atoms with Crippen molar-refractivity contribution in [3.63, 3.8) is 0 Å². The van der Waals surface area contributed by atoms with Crippen molar-refractivity contribution < 1.29 is 4.79 Å². The standard InChI is InChI=1S/C12H15N5O/c1-2-17-8-15-16-11(17)7-14-12(18)9-5-3-4-6-10(9)13/h3-6,8H,2,7,13H2,1H3,(H,14,18). The van der Waals surface area contributed by atoms with Crippen LogP contribution in [0.3, 0.4) is 0 Å². The van der Waals surface area contributed by atoms with Gasteiger partial charge in [-0.15, -0.1) is 10.2 Å². The van der Waals surface area contributed by atoms with Gasteiger partial charge in [0.25, 0.3) is 5.91 Å². The zero-order valence-corrected chi connectivity index (χ0v) is 10.1. The van der Waals surface area contributed by atoms with Crippen LogP contribution in [0.1, 0.15) is 23.1 Å². The molecule has 6 nitrogen and oxygen atoms in total. The van der Waals surface area contributed by atoms with Crippen LogP contribution in [0.5, 0.6) is 0 Å². The van der Waals surface area contributed by atoms with Gasteiger partial charge in [-0.1, -0.05) is 12.1 Å². The van der Waals surface area contributed by atoms with Crippen molar-refractivity contribution in [2.75, 3.05) is 5.73 Å². The molecule has 2 rings (SSSR count). The number of aromatic nitrogens is 3. The highest BCUT2D eigenvalue weighted by Crippen LogP contribution is 2.10. The number of nitrogens with one attached hydrogen (secondary N) is 1. The van der Waals surface area contributed by atoms with Crippen LogP contribution in [0.15, 0.2) is 30.6 Å². The molecular weight excluding hydrogens is 230 g/mol. The largest absolute Gasteiger partial charge is 0.398 e. The van der Waals surface area contributed by atoms with E-state index in [9.17, 15) is 4.79 Å². The molecule has 1 heterocycles. The number of anilines is 1. The maximum absolute atomic E-state index is 11.9. The highest BCUT2D eigenvalue weighted by molar-refractivity contribution is 5.98. The first-order valence-corrected chi connectivity index (χ1v) is 5.71. The van der Waals surface area contributed by atoms with E-state index in [-0.39, 0.29) is 5.91 Å². The van der Waals surface area contributed by atoms with E-state index < -0.39 is 0 Å². The Morgan fingerprint density at radius 2 is 2.22 bits per heavy atom. The lowest BCUT2D eigenvalue weighted by atomic mass is 10.1. The van der Waals surface area contributed by atoms with Crippen molar-refractivity contribution in [3.8, 4) is 0 Å². The lowest BCUT2D eigenvalue weighted by Crippen LogP contribution is -2.25. The van der Waals surface area contributed by atoms with Gasteiger partial charge < -0.3 is 15.6 Å². The highest BCUT2D eigenvalue weighted by atomic mass is 16.1. The fourth-order valence-electron chi connectivity index (χ4n) is 1.64. The molecule has 0 fully saturated rings. The number of hydrogen-bond donors (Lipinski definition) is 2. The molecule has 0 aliphatic rings. The van der Waals surface area contributed by atoms with Gasteiger partial charge in [-0.3, -0.25) is 4.79 Å². The van der Waals surface area contributed by atoms with E-state index in [1.54, 1.807) is 30.6 Å². The first-order valence-electron chi connectivity index (χ1n) is 5.71. The van der Waals surface area contributed by atoms with Gasteiger partial charge in [0.1, 0.15) is 6.33 Å². The minimum Gasteiger partial charge on any atom is -0.398 e. The van der Waals surface area contributed by atoms with Crippen molar-refractivity contribution in [1.82, 2.24) is 20.1 Å². The number of nitrogen functional groups attached to an aromatic ring is 1. The molecule has 6 heteroatoms. The molecule has 94 valence electrons. The van der Waals surface area contributed by atoms with Gasteiger partial charge in [0.15, 0.2) is 5.82 Å². The molecule has 0 bridgehead atoms. The molecule has 1 aromatic heterocycles. The number of nitrogens with two attached hydrogens (primary N) is 1. The molecule has 1 amide bonds. The zero-order valence-electron chi connectivity index (χ0n) is 10.1. The van der Waals surface area contributed by atoms with Gasteiger partial charge in [0.05, 0.1) is 12.1 Å². The summed E-state index contributed by atoms with van der Waals surface area (Å²) in [5.41, 5.74) is 6.67. The normalized spacial score (nSPS) is 10.3. The summed E-state index contributed by atoms with van der Waals surface area (Å²) in [6, 6.07) is 6.96. The summed E-state index contributed by atoms with van der Waals surface area (Å²) in [6.07, 6.45) is 1.64. The molecule has 0 saturated heterocycles. The van der Waals surface area contributed by atoms with E-state index in [0.717, 1.165) is 12.4 Å². The van der Waals surface area contributed by atoms with Gasteiger partial charge in [-0.2, -0.15) is 0 Å². The van der Waals surface area contributed by atoms with E-state index in [1.807, 2.05) is 11.5 Å². The lowest BCUT2D eigenvalue weighted by Gasteiger charge is -2.07. The molecule has 2 aromatic rings. The predicted octanol–water partition coefficient (Wildman–Crippen LogP) is 0.810. The molecule has 0 aliphatic carbocycles. The summed E-state index contributed by atoms with van der Waals surface area (Å²) in [6.45, 7) is 3.09. The van der Waals surface area contributed by atoms with E-state index in [4.69, 9.17) is 5.73 Å². The van der Waals surface area contributed by atoms with Crippen LogP contribution in [0.25, 0.3) is 0 Å². The smallest absolute Gasteiger partial charge is 0.253 e. The number of carbonyl (C=O) groups excluding carboxylic acids is 1. The van der Waals surface area contributed by atoms with Crippen LogP contribution < -0.4 is 11.1 Å². The van der Waals surface area contributed by atoms with E-state index in [2.05, 4.69) is 15.5 Å². The molecule has 0 spiro atoms. The second-order valence-electron chi connectivity index (χ2n) is 3.80. The Kier molecular flexibility index (Phi) is 3.57. The molecule has 3 N–H and O–H groups in total. The molecule has 0 atom stereocenters. The number of benzene rings is 1. The van der Waals surface area contributed by atoms with Crippen molar-refractivity contribution in [2.24, 2.45) is 0 Å². The zero-order chi connectivity index (χ0) is 13.0. The minimum absolute atomic E-state index is 0.209. The van der Waals surface area contributed by atoms with Gasteiger partial charge in [0.2, 0.25) is 0 Å². The predicted molar refractivity (Wildman–Crippen MR) is 67.7 cm³/mol. The highest BCUT2D eigenvalue weighted by Gasteiger charge is 2.10. The van der Waals surface area contributed by atoms with Crippen LogP contribution in [-0.2, 0) is 13.1 Å². The van der Waals surface area contributed by atoms with Crippen LogP contribution >= 0.6 is 0 Å². The second kappa shape index (κ2) is 5.31. The Bertz CT molecular complexity index is 549. The average molecular weight is 245 g/mol. The molecule has 18 heavy (non-hydrogen) atoms. The van der Waals surface area contributed by atoms with Gasteiger partial charge >= 0.3 is 0 Å². The maximum Gasteiger partial charge on any atom is 0.253 e. The molecule has 0 unspecified atom stereocenters. The van der Waals surface area contributed by atoms with Crippen molar-refractivity contribution in [1.29, 1.82) is 0 Å². The molecule has 0 saturated carbocycles. The van der Waals surface area contributed by atoms with E-state index in [1.165, 1.54) is 0 Å². The Morgan fingerprint density at radius 1 is 1.44 bits per heavy atom. The van der Waals surface area contributed by atoms with Gasteiger partial charge in [-0.25, -0.2) is 0 Å². The third kappa shape index (κ3) is 2.48. The first-order chi connectivity index (χ1) is 8.72. The number of hydrogen-bond acceptors (Lipinski definition) is 4. The minimum atomic E-state index is -0.209. The number of carbonyl (C=O) groups is 1. The van der Waals surface area contributed by atoms with Gasteiger partial charge in [0, 0.05) is 12.2 Å². The summed E-state index contributed by atoms with van der Waals surface area (Å²) in [5, 5.41) is 10.5. The summed E-state index contributed by atoms with van der Waals surface area (Å²) < 4.78 is 1.87. The fraction of sp³-hybridized carbons (Fsp3) is 0.250. The molecular formula is C12H15N5O. The Balaban J connectivity index is 2.03. The number of nitrogens with zero attached hydrogens (tertiary/aromatic N) is 3. The molecule has 0 aliphatic heterocycles. The van der Waals surface area contributed by atoms with Crippen LogP contribution in [-0.4, -0.2) is 20.7 Å². The van der Waals surface area contributed by atoms with Crippen molar-refractivity contribution in [2.45, 2.75) is 20.0 Å². The summed E-state index contributed by atoms with van der Waals surface area (Å²) in [7, 11) is 0. The number of amides is 1. The number of para-hydroxylation sites is 1. The lowest BCUT2D eigenvalue weighted by molar-refractivity contribution is 0.0950. The van der Waals surface area contributed by atoms with E-state index in [0.29, 0.717) is 17.8 Å². The third-order valence-electron chi connectivity index (χ3n) is 2.65. The van der Waals surface area contributed by atoms with Crippen LogP contribution in [0.2, 0.25) is 0 Å². The summed E-state index contributed by atoms with van der Waals surface area (Å²) in [4.78, 5) is 11.9. The SMILES string of the molecule is CCn1cnnc1CNC(=O)c1ccccc1N. The Morgan fingerprint density at radius 3 is 2.94 bits per heavy atom. The second-order valence-corrected chi connectivity index (χ2v) is 3.80. The number of rotatable bonds is 4. The third-order valence-corrected chi connectivity index (χ3v) is 2.65. The molecule has 1 aromatic carbocycles.